The Morgan fingerprint density at radius 3 is 2.38 bits per heavy atom. The van der Waals surface area contributed by atoms with Crippen LogP contribution in [0, 0.1) is 6.92 Å². The summed E-state index contributed by atoms with van der Waals surface area (Å²) >= 11 is 0. The van der Waals surface area contributed by atoms with Gasteiger partial charge in [0.2, 0.25) is 0 Å². The normalized spacial score (nSPS) is 17.0. The molecule has 1 aromatic rings. The highest BCUT2D eigenvalue weighted by molar-refractivity contribution is 5.54. The Balaban J connectivity index is 2.21. The first-order valence-corrected chi connectivity index (χ1v) is 6.34. The van der Waals surface area contributed by atoms with Crippen LogP contribution >= 0.6 is 0 Å². The fourth-order valence-electron chi connectivity index (χ4n) is 2.02. The van der Waals surface area contributed by atoms with Crippen LogP contribution in [0.25, 0.3) is 0 Å². The van der Waals surface area contributed by atoms with Crippen LogP contribution in [0.1, 0.15) is 51.2 Å². The van der Waals surface area contributed by atoms with Gasteiger partial charge >= 0.3 is 0 Å². The lowest BCUT2D eigenvalue weighted by molar-refractivity contribution is 0.445. The molecule has 0 amide bonds. The molecule has 0 aromatic heterocycles. The number of rotatable bonds is 2. The van der Waals surface area contributed by atoms with Gasteiger partial charge in [0.05, 0.1) is 0 Å². The molecule has 1 aliphatic carbocycles. The lowest BCUT2D eigenvalue weighted by atomic mass is 9.86. The zero-order chi connectivity index (χ0) is 11.8. The quantitative estimate of drug-likeness (QED) is 0.780. The standard InChI is InChI=1S/C15H23N/c1-11-8-9-12(15(2,3)4)10-14(11)16-13-6-5-7-13/h8-10,13,16H,5-7H2,1-4H3. The van der Waals surface area contributed by atoms with Crippen LogP contribution in [0.4, 0.5) is 5.69 Å². The minimum Gasteiger partial charge on any atom is -0.382 e. The van der Waals surface area contributed by atoms with E-state index in [1.807, 2.05) is 0 Å². The maximum Gasteiger partial charge on any atom is 0.0374 e. The smallest absolute Gasteiger partial charge is 0.0374 e. The predicted molar refractivity (Wildman–Crippen MR) is 71.1 cm³/mol. The van der Waals surface area contributed by atoms with Gasteiger partial charge in [0, 0.05) is 11.7 Å². The van der Waals surface area contributed by atoms with Gasteiger partial charge in [-0.2, -0.15) is 0 Å². The second-order valence-electron chi connectivity index (χ2n) is 6.05. The van der Waals surface area contributed by atoms with Crippen molar-refractivity contribution in [3.05, 3.63) is 29.3 Å². The molecule has 88 valence electrons. The first-order chi connectivity index (χ1) is 7.47. The summed E-state index contributed by atoms with van der Waals surface area (Å²) in [6.45, 7) is 8.99. The van der Waals surface area contributed by atoms with Crippen molar-refractivity contribution in [2.75, 3.05) is 5.32 Å². The molecule has 0 aliphatic heterocycles. The summed E-state index contributed by atoms with van der Waals surface area (Å²) in [5.74, 6) is 0. The minimum absolute atomic E-state index is 0.240. The fraction of sp³-hybridized carbons (Fsp3) is 0.600. The second kappa shape index (κ2) is 4.12. The highest BCUT2D eigenvalue weighted by Crippen LogP contribution is 2.29. The van der Waals surface area contributed by atoms with E-state index in [-0.39, 0.29) is 5.41 Å². The van der Waals surface area contributed by atoms with Gasteiger partial charge in [-0.3, -0.25) is 0 Å². The molecular formula is C15H23N. The van der Waals surface area contributed by atoms with Gasteiger partial charge < -0.3 is 5.32 Å². The van der Waals surface area contributed by atoms with Gasteiger partial charge in [-0.05, 0) is 48.8 Å². The molecule has 1 aliphatic rings. The first kappa shape index (κ1) is 11.5. The molecule has 0 radical (unpaired) electrons. The number of benzene rings is 1. The summed E-state index contributed by atoms with van der Waals surface area (Å²) in [5.41, 5.74) is 4.35. The van der Waals surface area contributed by atoms with Gasteiger partial charge in [0.25, 0.3) is 0 Å². The predicted octanol–water partition coefficient (Wildman–Crippen LogP) is 4.26. The SMILES string of the molecule is Cc1ccc(C(C)(C)C)cc1NC1CCC1. The van der Waals surface area contributed by atoms with Gasteiger partial charge in [0.1, 0.15) is 0 Å². The summed E-state index contributed by atoms with van der Waals surface area (Å²) in [6, 6.07) is 7.53. The molecule has 1 fully saturated rings. The van der Waals surface area contributed by atoms with Crippen molar-refractivity contribution in [3.63, 3.8) is 0 Å². The molecule has 1 heteroatoms. The molecule has 1 aromatic carbocycles. The maximum absolute atomic E-state index is 3.66. The average molecular weight is 217 g/mol. The number of hydrogen-bond donors (Lipinski definition) is 1. The Bertz CT molecular complexity index is 370. The number of aryl methyl sites for hydroxylation is 1. The third-order valence-corrected chi connectivity index (χ3v) is 3.57. The summed E-state index contributed by atoms with van der Waals surface area (Å²) in [6.07, 6.45) is 4.05. The van der Waals surface area contributed by atoms with Gasteiger partial charge in [-0.1, -0.05) is 32.9 Å². The molecule has 0 heterocycles. The van der Waals surface area contributed by atoms with Crippen molar-refractivity contribution in [1.29, 1.82) is 0 Å². The van der Waals surface area contributed by atoms with Crippen LogP contribution in [0.3, 0.4) is 0 Å². The second-order valence-corrected chi connectivity index (χ2v) is 6.05. The Morgan fingerprint density at radius 2 is 1.88 bits per heavy atom. The van der Waals surface area contributed by atoms with E-state index in [1.54, 1.807) is 0 Å². The third kappa shape index (κ3) is 2.40. The number of hydrogen-bond acceptors (Lipinski definition) is 1. The summed E-state index contributed by atoms with van der Waals surface area (Å²) in [7, 11) is 0. The Hall–Kier alpha value is -0.980. The van der Waals surface area contributed by atoms with E-state index < -0.39 is 0 Å². The van der Waals surface area contributed by atoms with Crippen molar-refractivity contribution in [2.45, 2.75) is 58.4 Å². The van der Waals surface area contributed by atoms with Crippen molar-refractivity contribution < 1.29 is 0 Å². The first-order valence-electron chi connectivity index (χ1n) is 6.34. The average Bonchev–Trinajstić information content (AvgIpc) is 2.11. The lowest BCUT2D eigenvalue weighted by Crippen LogP contribution is -2.27. The zero-order valence-corrected chi connectivity index (χ0v) is 10.9. The third-order valence-electron chi connectivity index (χ3n) is 3.57. The van der Waals surface area contributed by atoms with Crippen LogP contribution in [0.2, 0.25) is 0 Å². The molecule has 0 bridgehead atoms. The summed E-state index contributed by atoms with van der Waals surface area (Å²) in [5, 5.41) is 3.66. The van der Waals surface area contributed by atoms with Crippen LogP contribution in [0.5, 0.6) is 0 Å². The van der Waals surface area contributed by atoms with E-state index in [4.69, 9.17) is 0 Å². The monoisotopic (exact) mass is 217 g/mol. The fourth-order valence-corrected chi connectivity index (χ4v) is 2.02. The van der Waals surface area contributed by atoms with Gasteiger partial charge in [-0.25, -0.2) is 0 Å². The molecule has 1 nitrogen and oxygen atoms in total. The molecule has 1 saturated carbocycles. The maximum atomic E-state index is 3.66. The highest BCUT2D eigenvalue weighted by Gasteiger charge is 2.19. The van der Waals surface area contributed by atoms with Gasteiger partial charge in [-0.15, -0.1) is 0 Å². The largest absolute Gasteiger partial charge is 0.382 e. The highest BCUT2D eigenvalue weighted by atomic mass is 14.9. The van der Waals surface area contributed by atoms with E-state index in [0.29, 0.717) is 6.04 Å². The summed E-state index contributed by atoms with van der Waals surface area (Å²) < 4.78 is 0. The van der Waals surface area contributed by atoms with E-state index in [9.17, 15) is 0 Å². The minimum atomic E-state index is 0.240. The van der Waals surface area contributed by atoms with Crippen LogP contribution < -0.4 is 5.32 Å². The summed E-state index contributed by atoms with van der Waals surface area (Å²) in [4.78, 5) is 0. The van der Waals surface area contributed by atoms with Crippen molar-refractivity contribution in [3.8, 4) is 0 Å². The van der Waals surface area contributed by atoms with E-state index in [0.717, 1.165) is 0 Å². The van der Waals surface area contributed by atoms with Crippen LogP contribution in [-0.2, 0) is 5.41 Å². The molecule has 0 unspecified atom stereocenters. The van der Waals surface area contributed by atoms with E-state index in [2.05, 4.69) is 51.2 Å². The molecule has 2 rings (SSSR count). The van der Waals surface area contributed by atoms with E-state index >= 15 is 0 Å². The number of nitrogens with one attached hydrogen (secondary N) is 1. The lowest BCUT2D eigenvalue weighted by Gasteiger charge is -2.29. The number of anilines is 1. The Kier molecular flexibility index (Phi) is 2.96. The molecule has 0 saturated heterocycles. The van der Waals surface area contributed by atoms with Crippen molar-refractivity contribution in [2.24, 2.45) is 0 Å². The molecule has 0 atom stereocenters. The zero-order valence-electron chi connectivity index (χ0n) is 10.9. The van der Waals surface area contributed by atoms with Crippen LogP contribution in [0.15, 0.2) is 18.2 Å². The van der Waals surface area contributed by atoms with E-state index in [1.165, 1.54) is 36.1 Å². The Labute approximate surface area is 99.3 Å². The molecular weight excluding hydrogens is 194 g/mol. The van der Waals surface area contributed by atoms with Crippen molar-refractivity contribution >= 4 is 5.69 Å². The van der Waals surface area contributed by atoms with Crippen molar-refractivity contribution in [1.82, 2.24) is 0 Å². The molecule has 16 heavy (non-hydrogen) atoms. The van der Waals surface area contributed by atoms with Crippen LogP contribution in [-0.4, -0.2) is 6.04 Å². The topological polar surface area (TPSA) is 12.0 Å². The molecule has 1 N–H and O–H groups in total. The van der Waals surface area contributed by atoms with Gasteiger partial charge in [0.15, 0.2) is 0 Å². The Morgan fingerprint density at radius 1 is 1.19 bits per heavy atom. The molecule has 0 spiro atoms.